The van der Waals surface area contributed by atoms with Crippen LogP contribution in [0, 0.1) is 11.6 Å². The average molecular weight is 488 g/mol. The fraction of sp³-hybridized carbons (Fsp3) is 0.375. The number of piperidine rings is 1. The molecule has 0 bridgehead atoms. The first kappa shape index (κ1) is 23.2. The second kappa shape index (κ2) is 9.23. The first-order valence-corrected chi connectivity index (χ1v) is 11.1. The minimum Gasteiger partial charge on any atom is -0.434 e. The van der Waals surface area contributed by atoms with Crippen LogP contribution in [-0.2, 0) is 35.2 Å². The van der Waals surface area contributed by atoms with Crippen molar-refractivity contribution in [2.24, 2.45) is 0 Å². The highest BCUT2D eigenvalue weighted by molar-refractivity contribution is 6.30. The van der Waals surface area contributed by atoms with E-state index in [4.69, 9.17) is 19.0 Å². The number of benzene rings is 2. The molecular weight excluding hydrogens is 466 g/mol. The predicted octanol–water partition coefficient (Wildman–Crippen LogP) is 2.78. The summed E-state index contributed by atoms with van der Waals surface area (Å²) >= 11 is 0. The maximum Gasteiger partial charge on any atom is 0.447 e. The molecule has 0 radical (unpaired) electrons. The van der Waals surface area contributed by atoms with Crippen molar-refractivity contribution < 1.29 is 42.2 Å². The van der Waals surface area contributed by atoms with Gasteiger partial charge in [0.2, 0.25) is 0 Å². The molecule has 0 saturated carbocycles. The highest BCUT2D eigenvalue weighted by atomic mass is 19.1. The zero-order chi connectivity index (χ0) is 24.6. The maximum absolute atomic E-state index is 13.9. The molecule has 2 aromatic carbocycles. The molecule has 5 rings (SSSR count). The van der Waals surface area contributed by atoms with Gasteiger partial charge in [-0.25, -0.2) is 23.2 Å². The average Bonchev–Trinajstić information content (AvgIpc) is 3.10. The lowest BCUT2D eigenvalue weighted by Gasteiger charge is -2.40. The van der Waals surface area contributed by atoms with Crippen molar-refractivity contribution in [3.8, 4) is 11.1 Å². The van der Waals surface area contributed by atoms with Crippen LogP contribution in [0.15, 0.2) is 42.5 Å². The van der Waals surface area contributed by atoms with E-state index in [0.29, 0.717) is 56.3 Å². The van der Waals surface area contributed by atoms with Crippen molar-refractivity contribution >= 4 is 18.0 Å². The van der Waals surface area contributed by atoms with E-state index < -0.39 is 41.5 Å². The minimum atomic E-state index is -1.25. The third kappa shape index (κ3) is 4.56. The number of halogens is 2. The fourth-order valence-corrected chi connectivity index (χ4v) is 4.48. The molecule has 0 aromatic heterocycles. The number of ether oxygens (including phenoxy) is 3. The summed E-state index contributed by atoms with van der Waals surface area (Å²) in [5, 5.41) is 0.691. The van der Waals surface area contributed by atoms with Crippen molar-refractivity contribution in [2.45, 2.75) is 31.3 Å². The molecule has 35 heavy (non-hydrogen) atoms. The third-order valence-corrected chi connectivity index (χ3v) is 6.42. The van der Waals surface area contributed by atoms with Crippen molar-refractivity contribution in [3.63, 3.8) is 0 Å². The van der Waals surface area contributed by atoms with Gasteiger partial charge in [0.15, 0.2) is 5.60 Å². The first-order chi connectivity index (χ1) is 16.8. The van der Waals surface area contributed by atoms with E-state index in [0.717, 1.165) is 17.7 Å². The third-order valence-electron chi connectivity index (χ3n) is 6.42. The molecule has 1 spiro atoms. The number of nitrogens with zero attached hydrogens (tertiary/aromatic N) is 2. The Labute approximate surface area is 199 Å². The second-order valence-corrected chi connectivity index (χ2v) is 8.61. The summed E-state index contributed by atoms with van der Waals surface area (Å²) in [5.74, 6) is -3.38. The monoisotopic (exact) mass is 488 g/mol. The van der Waals surface area contributed by atoms with Crippen LogP contribution in [0.25, 0.3) is 11.1 Å². The van der Waals surface area contributed by atoms with E-state index in [1.165, 1.54) is 6.07 Å². The number of esters is 1. The fourth-order valence-electron chi connectivity index (χ4n) is 4.48. The first-order valence-electron chi connectivity index (χ1n) is 11.1. The van der Waals surface area contributed by atoms with Crippen molar-refractivity contribution in [1.29, 1.82) is 0 Å². The Morgan fingerprint density at radius 1 is 1.00 bits per heavy atom. The van der Waals surface area contributed by atoms with Crippen LogP contribution in [0.1, 0.15) is 18.4 Å². The number of hydroxylamine groups is 2. The molecule has 3 fully saturated rings. The van der Waals surface area contributed by atoms with Gasteiger partial charge in [0.25, 0.3) is 6.23 Å². The Morgan fingerprint density at radius 3 is 2.49 bits per heavy atom. The molecule has 9 nitrogen and oxygen atoms in total. The van der Waals surface area contributed by atoms with Gasteiger partial charge < -0.3 is 23.9 Å². The molecule has 1 unspecified atom stereocenters. The van der Waals surface area contributed by atoms with Gasteiger partial charge in [0.1, 0.15) is 11.6 Å². The molecule has 2 aromatic rings. The summed E-state index contributed by atoms with van der Waals surface area (Å²) in [6, 6.07) is 10.4. The van der Waals surface area contributed by atoms with Crippen molar-refractivity contribution in [1.82, 2.24) is 9.96 Å². The van der Waals surface area contributed by atoms with E-state index in [1.807, 2.05) is 12.1 Å². The Kier molecular flexibility index (Phi) is 6.12. The molecule has 1 amide bonds. The number of hydrogen-bond donors (Lipinski definition) is 0. The Hall–Kier alpha value is -3.57. The maximum atomic E-state index is 13.9. The van der Waals surface area contributed by atoms with Crippen LogP contribution in [0.2, 0.25) is 0 Å². The molecule has 1 atom stereocenters. The topological polar surface area (TPSA) is 94.6 Å². The standard InChI is InChI=1S/C24H22F2N2O7/c25-17-5-6-19(26)18(13-17)16-3-1-15(2-4-16)14-32-12-11-27-9-7-24(8-10-27)22-28(23(31)34-24)35-21(30)20(29)33-22/h1-6,13,22H,7-12,14H2. The van der Waals surface area contributed by atoms with Crippen molar-refractivity contribution in [3.05, 3.63) is 59.7 Å². The van der Waals surface area contributed by atoms with E-state index in [-0.39, 0.29) is 5.56 Å². The number of rotatable bonds is 6. The predicted molar refractivity (Wildman–Crippen MR) is 114 cm³/mol. The summed E-state index contributed by atoms with van der Waals surface area (Å²) in [6.07, 6.45) is -1.12. The zero-order valence-electron chi connectivity index (χ0n) is 18.6. The lowest BCUT2D eigenvalue weighted by atomic mass is 9.89. The van der Waals surface area contributed by atoms with Gasteiger partial charge >= 0.3 is 18.0 Å². The molecule has 3 saturated heterocycles. The lowest BCUT2D eigenvalue weighted by Crippen LogP contribution is -2.57. The van der Waals surface area contributed by atoms with Crippen LogP contribution in [-0.4, -0.2) is 66.1 Å². The van der Waals surface area contributed by atoms with Gasteiger partial charge in [0.05, 0.1) is 13.2 Å². The van der Waals surface area contributed by atoms with E-state index in [2.05, 4.69) is 4.90 Å². The molecule has 3 aliphatic rings. The summed E-state index contributed by atoms with van der Waals surface area (Å²) in [4.78, 5) is 41.9. The SMILES string of the molecule is O=C1OC2N(OC1=O)C(=O)OC21CCN(CCOCc2ccc(-c3cc(F)ccc3F)cc2)CC1. The number of carbonyl (C=O) groups excluding carboxylic acids is 3. The van der Waals surface area contributed by atoms with E-state index in [1.54, 1.807) is 12.1 Å². The molecule has 11 heteroatoms. The van der Waals surface area contributed by atoms with Gasteiger partial charge in [-0.2, -0.15) is 0 Å². The van der Waals surface area contributed by atoms with Crippen LogP contribution >= 0.6 is 0 Å². The Balaban J connectivity index is 1.08. The van der Waals surface area contributed by atoms with Crippen LogP contribution in [0.3, 0.4) is 0 Å². The molecular formula is C24H22F2N2O7. The summed E-state index contributed by atoms with van der Waals surface area (Å²) in [5.41, 5.74) is 0.637. The van der Waals surface area contributed by atoms with Crippen molar-refractivity contribution in [2.75, 3.05) is 26.2 Å². The van der Waals surface area contributed by atoms with E-state index in [9.17, 15) is 23.2 Å². The quantitative estimate of drug-likeness (QED) is 0.348. The second-order valence-electron chi connectivity index (χ2n) is 8.61. The van der Waals surface area contributed by atoms with Crippen LogP contribution in [0.5, 0.6) is 0 Å². The number of hydrogen-bond acceptors (Lipinski definition) is 8. The molecule has 0 N–H and O–H groups in total. The number of likely N-dealkylation sites (tertiary alicyclic amines) is 1. The van der Waals surface area contributed by atoms with Gasteiger partial charge in [-0.05, 0) is 29.3 Å². The Morgan fingerprint density at radius 2 is 1.74 bits per heavy atom. The highest BCUT2D eigenvalue weighted by Gasteiger charge is 2.62. The molecule has 3 heterocycles. The summed E-state index contributed by atoms with van der Waals surface area (Å²) < 4.78 is 43.7. The van der Waals surface area contributed by atoms with E-state index >= 15 is 0 Å². The highest BCUT2D eigenvalue weighted by Crippen LogP contribution is 2.40. The van der Waals surface area contributed by atoms with Gasteiger partial charge in [0, 0.05) is 38.0 Å². The normalized spacial score (nSPS) is 21.5. The molecule has 3 aliphatic heterocycles. The number of carbonyl (C=O) groups is 3. The summed E-state index contributed by atoms with van der Waals surface area (Å²) in [7, 11) is 0. The minimum absolute atomic E-state index is 0.206. The zero-order valence-corrected chi connectivity index (χ0v) is 18.6. The largest absolute Gasteiger partial charge is 0.447 e. The van der Waals surface area contributed by atoms with Gasteiger partial charge in [-0.1, -0.05) is 29.3 Å². The molecule has 184 valence electrons. The Bertz CT molecular complexity index is 1150. The van der Waals surface area contributed by atoms with Crippen LogP contribution in [0.4, 0.5) is 13.6 Å². The van der Waals surface area contributed by atoms with Gasteiger partial charge in [-0.15, -0.1) is 0 Å². The number of fused-ring (bicyclic) bond motifs is 2. The smallest absolute Gasteiger partial charge is 0.434 e. The molecule has 0 aliphatic carbocycles. The summed E-state index contributed by atoms with van der Waals surface area (Å²) in [6.45, 7) is 2.59. The van der Waals surface area contributed by atoms with Gasteiger partial charge in [-0.3, -0.25) is 0 Å². The van der Waals surface area contributed by atoms with Crippen LogP contribution < -0.4 is 0 Å². The number of amides is 1. The lowest BCUT2D eigenvalue weighted by molar-refractivity contribution is -0.251.